The molecule has 5 nitrogen and oxygen atoms in total. The second-order valence-corrected chi connectivity index (χ2v) is 6.40. The van der Waals surface area contributed by atoms with Crippen LogP contribution < -0.4 is 5.32 Å². The maximum Gasteiger partial charge on any atom is 0.231 e. The van der Waals surface area contributed by atoms with E-state index in [1.807, 2.05) is 0 Å². The zero-order valence-electron chi connectivity index (χ0n) is 12.2. The van der Waals surface area contributed by atoms with E-state index in [0.717, 1.165) is 0 Å². The van der Waals surface area contributed by atoms with E-state index in [1.54, 1.807) is 24.3 Å². The van der Waals surface area contributed by atoms with Crippen LogP contribution in [0, 0.1) is 5.92 Å². The van der Waals surface area contributed by atoms with Gasteiger partial charge in [-0.2, -0.15) is 0 Å². The van der Waals surface area contributed by atoms with Crippen molar-refractivity contribution in [2.75, 3.05) is 5.32 Å². The van der Waals surface area contributed by atoms with Crippen LogP contribution in [-0.4, -0.2) is 27.0 Å². The average molecular weight is 365 g/mol. The van der Waals surface area contributed by atoms with Gasteiger partial charge in [-0.1, -0.05) is 29.3 Å². The number of halogens is 3. The Morgan fingerprint density at radius 2 is 2.00 bits per heavy atom. The monoisotopic (exact) mass is 364 g/mol. The van der Waals surface area contributed by atoms with Crippen molar-refractivity contribution in [2.24, 2.45) is 5.92 Å². The third kappa shape index (κ3) is 2.61. The first-order valence-electron chi connectivity index (χ1n) is 7.28. The van der Waals surface area contributed by atoms with Crippen molar-refractivity contribution >= 4 is 46.0 Å². The molecule has 2 heterocycles. The fraction of sp³-hybridized carbons (Fsp3) is 0.188. The molecule has 2 atom stereocenters. The molecule has 1 aliphatic rings. The van der Waals surface area contributed by atoms with Gasteiger partial charge >= 0.3 is 0 Å². The van der Waals surface area contributed by atoms with Crippen molar-refractivity contribution in [1.29, 1.82) is 0 Å². The van der Waals surface area contributed by atoms with Crippen LogP contribution in [0.3, 0.4) is 0 Å². The number of hydrogen-bond acceptors (Lipinski definition) is 3. The highest BCUT2D eigenvalue weighted by Crippen LogP contribution is 2.36. The first-order valence-corrected chi connectivity index (χ1v) is 8.04. The molecule has 2 aromatic heterocycles. The van der Waals surface area contributed by atoms with Crippen LogP contribution >= 0.6 is 23.2 Å². The molecule has 122 valence electrons. The number of aromatic nitrogens is 3. The zero-order valence-corrected chi connectivity index (χ0v) is 13.7. The Bertz CT molecular complexity index is 938. The summed E-state index contributed by atoms with van der Waals surface area (Å²) in [6.07, 6.45) is 0.720. The Morgan fingerprint density at radius 1 is 1.29 bits per heavy atom. The number of amides is 1. The molecule has 4 rings (SSSR count). The average Bonchev–Trinajstić information content (AvgIpc) is 3.11. The first-order chi connectivity index (χ1) is 11.5. The summed E-state index contributed by atoms with van der Waals surface area (Å²) in [6.45, 7) is 0. The highest BCUT2D eigenvalue weighted by atomic mass is 35.5. The molecule has 8 heteroatoms. The predicted octanol–water partition coefficient (Wildman–Crippen LogP) is 4.23. The molecule has 0 radical (unpaired) electrons. The van der Waals surface area contributed by atoms with E-state index in [1.165, 1.54) is 6.20 Å². The predicted molar refractivity (Wildman–Crippen MR) is 91.0 cm³/mol. The number of imidazole rings is 1. The van der Waals surface area contributed by atoms with Crippen molar-refractivity contribution in [3.8, 4) is 11.4 Å². The van der Waals surface area contributed by atoms with E-state index in [4.69, 9.17) is 23.2 Å². The third-order valence-corrected chi connectivity index (χ3v) is 4.52. The molecule has 0 saturated heterocycles. The number of carbonyl (C=O) groups is 1. The van der Waals surface area contributed by atoms with Crippen LogP contribution in [-0.2, 0) is 4.79 Å². The maximum absolute atomic E-state index is 13.0. The van der Waals surface area contributed by atoms with Gasteiger partial charge in [0.15, 0.2) is 5.82 Å². The Balaban J connectivity index is 1.76. The van der Waals surface area contributed by atoms with Crippen molar-refractivity contribution < 1.29 is 9.18 Å². The summed E-state index contributed by atoms with van der Waals surface area (Å²) in [5, 5.41) is 3.55. The van der Waals surface area contributed by atoms with Gasteiger partial charge in [0, 0.05) is 6.20 Å². The molecule has 1 aliphatic carbocycles. The normalized spacial score (nSPS) is 19.5. The van der Waals surface area contributed by atoms with Gasteiger partial charge in [-0.3, -0.25) is 4.79 Å². The van der Waals surface area contributed by atoms with Crippen LogP contribution in [0.5, 0.6) is 0 Å². The van der Waals surface area contributed by atoms with E-state index in [2.05, 4.69) is 20.3 Å². The number of fused-ring (bicyclic) bond motifs is 1. The Kier molecular flexibility index (Phi) is 3.66. The standard InChI is InChI=1S/C16H11Cl2FN4O/c17-8-2-1-3-9(18)12(8)14-21-11-4-5-20-15(13(11)22-14)23-16(24)7-6-10(7)19/h1-5,7,10H,6H2,(H,21,22)(H,20,23,24). The number of pyridine rings is 1. The number of rotatable bonds is 3. The molecule has 1 saturated carbocycles. The topological polar surface area (TPSA) is 70.7 Å². The maximum atomic E-state index is 13.0. The van der Waals surface area contributed by atoms with Crippen LogP contribution in [0.1, 0.15) is 6.42 Å². The molecule has 3 aromatic rings. The summed E-state index contributed by atoms with van der Waals surface area (Å²) >= 11 is 12.4. The van der Waals surface area contributed by atoms with E-state index in [0.29, 0.717) is 32.5 Å². The van der Waals surface area contributed by atoms with Gasteiger partial charge < -0.3 is 10.3 Å². The van der Waals surface area contributed by atoms with Crippen LogP contribution in [0.4, 0.5) is 10.2 Å². The lowest BCUT2D eigenvalue weighted by Gasteiger charge is -2.03. The first kappa shape index (κ1) is 15.4. The largest absolute Gasteiger partial charge is 0.338 e. The van der Waals surface area contributed by atoms with Gasteiger partial charge in [-0.25, -0.2) is 14.4 Å². The summed E-state index contributed by atoms with van der Waals surface area (Å²) in [5.41, 5.74) is 1.70. The van der Waals surface area contributed by atoms with Crippen molar-refractivity contribution in [1.82, 2.24) is 15.0 Å². The van der Waals surface area contributed by atoms with Gasteiger partial charge in [0.2, 0.25) is 5.91 Å². The fourth-order valence-corrected chi connectivity index (χ4v) is 3.09. The minimum atomic E-state index is -1.07. The summed E-state index contributed by atoms with van der Waals surface area (Å²) in [7, 11) is 0. The van der Waals surface area contributed by atoms with Crippen LogP contribution in [0.15, 0.2) is 30.5 Å². The van der Waals surface area contributed by atoms with Gasteiger partial charge in [0.1, 0.15) is 17.5 Å². The number of hydrogen-bond donors (Lipinski definition) is 2. The lowest BCUT2D eigenvalue weighted by molar-refractivity contribution is -0.117. The number of benzene rings is 1. The number of nitrogens with one attached hydrogen (secondary N) is 2. The number of nitrogens with zero attached hydrogens (tertiary/aromatic N) is 2. The minimum absolute atomic E-state index is 0.253. The highest BCUT2D eigenvalue weighted by Gasteiger charge is 2.43. The molecule has 1 fully saturated rings. The highest BCUT2D eigenvalue weighted by molar-refractivity contribution is 6.39. The molecule has 1 aromatic carbocycles. The van der Waals surface area contributed by atoms with E-state index in [-0.39, 0.29) is 18.1 Å². The van der Waals surface area contributed by atoms with E-state index in [9.17, 15) is 9.18 Å². The third-order valence-electron chi connectivity index (χ3n) is 3.89. The molecular weight excluding hydrogens is 354 g/mol. The summed E-state index contributed by atoms with van der Waals surface area (Å²) in [6, 6.07) is 6.89. The number of alkyl halides is 1. The second kappa shape index (κ2) is 5.72. The molecule has 1 amide bonds. The quantitative estimate of drug-likeness (QED) is 0.730. The second-order valence-electron chi connectivity index (χ2n) is 5.59. The number of H-pyrrole nitrogens is 1. The zero-order chi connectivity index (χ0) is 16.8. The van der Waals surface area contributed by atoms with Crippen molar-refractivity contribution in [3.63, 3.8) is 0 Å². The van der Waals surface area contributed by atoms with Gasteiger partial charge in [0.25, 0.3) is 0 Å². The van der Waals surface area contributed by atoms with Gasteiger partial charge in [0.05, 0.1) is 27.0 Å². The summed E-state index contributed by atoms with van der Waals surface area (Å²) in [4.78, 5) is 23.7. The number of carbonyl (C=O) groups excluding carboxylic acids is 1. The molecule has 0 aliphatic heterocycles. The van der Waals surface area contributed by atoms with Crippen molar-refractivity contribution in [2.45, 2.75) is 12.6 Å². The summed E-state index contributed by atoms with van der Waals surface area (Å²) < 4.78 is 13.0. The molecule has 2 unspecified atom stereocenters. The molecular formula is C16H11Cl2FN4O. The molecule has 2 N–H and O–H groups in total. The van der Waals surface area contributed by atoms with Crippen LogP contribution in [0.25, 0.3) is 22.4 Å². The Labute approximate surface area is 146 Å². The molecule has 24 heavy (non-hydrogen) atoms. The molecule has 0 bridgehead atoms. The lowest BCUT2D eigenvalue weighted by atomic mass is 10.2. The smallest absolute Gasteiger partial charge is 0.231 e. The number of aromatic amines is 1. The van der Waals surface area contributed by atoms with E-state index >= 15 is 0 Å². The SMILES string of the molecule is O=C(Nc1nccc2[nH]c(-c3c(Cl)cccc3Cl)nc12)C1CC1F. The fourth-order valence-electron chi connectivity index (χ4n) is 2.51. The van der Waals surface area contributed by atoms with E-state index < -0.39 is 12.1 Å². The summed E-state index contributed by atoms with van der Waals surface area (Å²) in [5.74, 6) is -0.234. The molecule has 0 spiro atoms. The van der Waals surface area contributed by atoms with Crippen LogP contribution in [0.2, 0.25) is 10.0 Å². The van der Waals surface area contributed by atoms with Gasteiger partial charge in [-0.15, -0.1) is 0 Å². The lowest BCUT2D eigenvalue weighted by Crippen LogP contribution is -2.16. The Hall–Kier alpha value is -2.18. The van der Waals surface area contributed by atoms with Crippen molar-refractivity contribution in [3.05, 3.63) is 40.5 Å². The Morgan fingerprint density at radius 3 is 2.67 bits per heavy atom. The van der Waals surface area contributed by atoms with Gasteiger partial charge in [-0.05, 0) is 24.6 Å². The number of anilines is 1. The minimum Gasteiger partial charge on any atom is -0.338 e.